The van der Waals surface area contributed by atoms with Crippen LogP contribution in [0.3, 0.4) is 0 Å². The third-order valence-corrected chi connectivity index (χ3v) is 11.5. The van der Waals surface area contributed by atoms with Gasteiger partial charge in [-0.1, -0.05) is 57.5 Å². The maximum atomic E-state index is 14.4. The fourth-order valence-electron chi connectivity index (χ4n) is 7.54. The van der Waals surface area contributed by atoms with Gasteiger partial charge in [-0.05, 0) is 44.2 Å². The number of carbonyl (C=O) groups excluding carboxylic acids is 3. The lowest BCUT2D eigenvalue weighted by Crippen LogP contribution is -2.46. The summed E-state index contributed by atoms with van der Waals surface area (Å²) < 4.78 is 23.5. The minimum absolute atomic E-state index is 0.0316. The SMILES string of the molecule is COC1/C=C/OC2(C)Oc3c(C)c(O)c4c(O)c(c(C=Nc5ccc(Cl)cc5)c(O)c4c3C2=O)NC(=O)/C(C)=C/C=C/C(C)C(O)C(C)C(O)C(C)C(OC(C)=O)C1C. The number of hydrogen-bond acceptors (Lipinski definition) is 13. The van der Waals surface area contributed by atoms with Crippen molar-refractivity contribution < 1.29 is 58.9 Å². The van der Waals surface area contributed by atoms with Crippen LogP contribution in [-0.4, -0.2) is 86.7 Å². The van der Waals surface area contributed by atoms with Crippen LogP contribution in [-0.2, 0) is 23.8 Å². The maximum Gasteiger partial charge on any atom is 0.312 e. The molecule has 5 bridgehead atoms. The average Bonchev–Trinajstić information content (AvgIpc) is 3.46. The average molecular weight is 835 g/mol. The van der Waals surface area contributed by atoms with Crippen LogP contribution in [0, 0.1) is 30.6 Å². The van der Waals surface area contributed by atoms with Gasteiger partial charge in [0.25, 0.3) is 11.7 Å². The molecule has 3 aliphatic rings. The van der Waals surface area contributed by atoms with Crippen LogP contribution >= 0.6 is 11.6 Å². The van der Waals surface area contributed by atoms with Crippen molar-refractivity contribution in [2.75, 3.05) is 12.4 Å². The second kappa shape index (κ2) is 17.8. The Morgan fingerprint density at radius 2 is 1.59 bits per heavy atom. The Morgan fingerprint density at radius 3 is 2.22 bits per heavy atom. The molecule has 0 saturated heterocycles. The molecule has 3 aromatic carbocycles. The number of phenolic OH excluding ortho intramolecular Hbond substituents is 3. The van der Waals surface area contributed by atoms with Gasteiger partial charge in [0.1, 0.15) is 23.4 Å². The van der Waals surface area contributed by atoms with E-state index < -0.39 is 88.8 Å². The summed E-state index contributed by atoms with van der Waals surface area (Å²) in [5.74, 6) is -8.65. The standard InChI is InChI=1S/C44H51ClN2O12/c1-20-11-10-12-21(2)43(55)47-34-29(19-46-28-15-13-27(45)14-16-28)38(52)31-32(39(34)53)37(51)25(6)41-33(31)42(54)44(8,59-41)57-18-17-30(56-9)22(3)40(58-26(7)48)24(5)36(50)23(4)35(20)49/h10-20,22-24,30,35-36,40,49-53H,1-9H3,(H,47,55)/b11-10+,18-17+,21-12+,46-19?. The number of nitrogens with zero attached hydrogens (tertiary/aromatic N) is 1. The van der Waals surface area contributed by atoms with Crippen LogP contribution in [0.2, 0.25) is 5.02 Å². The van der Waals surface area contributed by atoms with Gasteiger partial charge in [-0.25, -0.2) is 0 Å². The van der Waals surface area contributed by atoms with E-state index in [2.05, 4.69) is 10.3 Å². The molecule has 0 fully saturated rings. The molecule has 15 heteroatoms. The molecule has 3 heterocycles. The predicted octanol–water partition coefficient (Wildman–Crippen LogP) is 7.16. The highest BCUT2D eigenvalue weighted by Crippen LogP contribution is 2.55. The molecule has 14 nitrogen and oxygen atoms in total. The zero-order valence-corrected chi connectivity index (χ0v) is 35.1. The first-order chi connectivity index (χ1) is 27.7. The number of aromatic hydroxyl groups is 3. The van der Waals surface area contributed by atoms with E-state index in [-0.39, 0.29) is 44.5 Å². The minimum Gasteiger partial charge on any atom is -0.507 e. The molecule has 9 unspecified atom stereocenters. The van der Waals surface area contributed by atoms with Crippen molar-refractivity contribution in [3.63, 3.8) is 0 Å². The van der Waals surface area contributed by atoms with Crippen LogP contribution in [0.25, 0.3) is 10.8 Å². The van der Waals surface area contributed by atoms with Gasteiger partial charge in [-0.3, -0.25) is 19.4 Å². The van der Waals surface area contributed by atoms with Gasteiger partial charge in [-0.15, -0.1) is 0 Å². The highest BCUT2D eigenvalue weighted by atomic mass is 35.5. The normalized spacial score (nSPS) is 30.1. The fourth-order valence-corrected chi connectivity index (χ4v) is 7.66. The summed E-state index contributed by atoms with van der Waals surface area (Å²) in [6.45, 7) is 12.4. The lowest BCUT2D eigenvalue weighted by molar-refractivity contribution is -0.160. The van der Waals surface area contributed by atoms with Crippen molar-refractivity contribution in [1.29, 1.82) is 0 Å². The number of rotatable bonds is 4. The maximum absolute atomic E-state index is 14.4. The number of aliphatic hydroxyl groups excluding tert-OH is 2. The number of esters is 1. The van der Waals surface area contributed by atoms with E-state index in [0.717, 1.165) is 0 Å². The quantitative estimate of drug-likeness (QED) is 0.0669. The van der Waals surface area contributed by atoms with Crippen molar-refractivity contribution in [2.24, 2.45) is 28.7 Å². The van der Waals surface area contributed by atoms with Gasteiger partial charge >= 0.3 is 11.8 Å². The molecule has 9 atom stereocenters. The Kier molecular flexibility index (Phi) is 13.5. The van der Waals surface area contributed by atoms with E-state index in [1.54, 1.807) is 64.1 Å². The number of ketones is 1. The fraction of sp³-hybridized carbons (Fsp3) is 0.409. The van der Waals surface area contributed by atoms with Gasteiger partial charge in [0, 0.05) is 72.4 Å². The Morgan fingerprint density at radius 1 is 0.932 bits per heavy atom. The van der Waals surface area contributed by atoms with E-state index in [0.29, 0.717) is 10.7 Å². The van der Waals surface area contributed by atoms with Crippen molar-refractivity contribution >= 4 is 57.6 Å². The highest BCUT2D eigenvalue weighted by Gasteiger charge is 2.50. The number of amides is 1. The molecule has 3 aliphatic heterocycles. The van der Waals surface area contributed by atoms with E-state index in [1.165, 1.54) is 59.4 Å². The summed E-state index contributed by atoms with van der Waals surface area (Å²) in [5.41, 5.74) is -0.173. The van der Waals surface area contributed by atoms with Gasteiger partial charge in [0.2, 0.25) is 0 Å². The zero-order valence-electron chi connectivity index (χ0n) is 34.3. The highest BCUT2D eigenvalue weighted by molar-refractivity contribution is 6.30. The number of nitrogens with one attached hydrogen (secondary N) is 1. The number of Topliss-reactive ketones (excluding diaryl/α,β-unsaturated/α-hetero) is 1. The number of halogens is 1. The summed E-state index contributed by atoms with van der Waals surface area (Å²) in [4.78, 5) is 44.9. The molecule has 0 saturated carbocycles. The number of allylic oxidation sites excluding steroid dienone is 2. The molecule has 0 radical (unpaired) electrons. The molecular weight excluding hydrogens is 784 g/mol. The van der Waals surface area contributed by atoms with Crippen molar-refractivity contribution in [3.8, 4) is 23.0 Å². The number of phenols is 3. The first kappa shape index (κ1) is 44.7. The number of hydrogen-bond donors (Lipinski definition) is 6. The molecule has 6 N–H and O–H groups in total. The number of aliphatic imine (C=N–C) groups is 1. The topological polar surface area (TPSA) is 214 Å². The molecule has 59 heavy (non-hydrogen) atoms. The van der Waals surface area contributed by atoms with Gasteiger partial charge in [0.05, 0.1) is 52.5 Å². The lowest BCUT2D eigenvalue weighted by atomic mass is 9.78. The van der Waals surface area contributed by atoms with E-state index >= 15 is 0 Å². The number of benzene rings is 3. The van der Waals surface area contributed by atoms with Crippen molar-refractivity contribution in [2.45, 2.75) is 85.6 Å². The smallest absolute Gasteiger partial charge is 0.312 e. The third kappa shape index (κ3) is 8.81. The first-order valence-corrected chi connectivity index (χ1v) is 19.5. The molecule has 0 spiro atoms. The molecule has 316 valence electrons. The Balaban J connectivity index is 1.73. The second-order valence-electron chi connectivity index (χ2n) is 15.4. The third-order valence-electron chi connectivity index (χ3n) is 11.2. The molecule has 0 aromatic heterocycles. The first-order valence-electron chi connectivity index (χ1n) is 19.1. The summed E-state index contributed by atoms with van der Waals surface area (Å²) in [5, 5.41) is 60.7. The monoisotopic (exact) mass is 834 g/mol. The van der Waals surface area contributed by atoms with Crippen LogP contribution in [0.4, 0.5) is 11.4 Å². The van der Waals surface area contributed by atoms with Gasteiger partial charge in [-0.2, -0.15) is 0 Å². The minimum atomic E-state index is -2.07. The summed E-state index contributed by atoms with van der Waals surface area (Å²) >= 11 is 6.05. The van der Waals surface area contributed by atoms with Gasteiger partial charge in [0.15, 0.2) is 5.75 Å². The summed E-state index contributed by atoms with van der Waals surface area (Å²) in [6.07, 6.45) is 4.62. The number of methoxy groups -OCH3 is 1. The molecule has 0 aliphatic carbocycles. The largest absolute Gasteiger partial charge is 0.507 e. The summed E-state index contributed by atoms with van der Waals surface area (Å²) in [7, 11) is 1.43. The summed E-state index contributed by atoms with van der Waals surface area (Å²) in [6, 6.07) is 6.39. The second-order valence-corrected chi connectivity index (χ2v) is 15.8. The molecular formula is C44H51ClN2O12. The predicted molar refractivity (Wildman–Crippen MR) is 223 cm³/mol. The number of aliphatic hydroxyl groups is 2. The Bertz CT molecular complexity index is 2250. The number of anilines is 1. The van der Waals surface area contributed by atoms with Crippen LogP contribution < -0.4 is 10.1 Å². The molecule has 3 aromatic rings. The van der Waals surface area contributed by atoms with Crippen molar-refractivity contribution in [1.82, 2.24) is 0 Å². The molecule has 1 amide bonds. The van der Waals surface area contributed by atoms with Crippen LogP contribution in [0.15, 0.2) is 65.4 Å². The van der Waals surface area contributed by atoms with Crippen LogP contribution in [0.5, 0.6) is 23.0 Å². The van der Waals surface area contributed by atoms with Gasteiger partial charge < -0.3 is 49.8 Å². The lowest BCUT2D eigenvalue weighted by Gasteiger charge is -2.38. The zero-order chi connectivity index (χ0) is 43.7. The van der Waals surface area contributed by atoms with Crippen molar-refractivity contribution in [3.05, 3.63) is 82.1 Å². The number of carbonyl (C=O) groups is 3. The Labute approximate surface area is 347 Å². The molecule has 6 rings (SSSR count). The Hall–Kier alpha value is -5.41. The number of fused-ring (bicyclic) bond motifs is 14. The van der Waals surface area contributed by atoms with E-state index in [1.807, 2.05) is 0 Å². The van der Waals surface area contributed by atoms with E-state index in [4.69, 9.17) is 30.5 Å². The number of ether oxygens (including phenoxy) is 4. The van der Waals surface area contributed by atoms with Crippen LogP contribution in [0.1, 0.15) is 70.0 Å². The van der Waals surface area contributed by atoms with E-state index in [9.17, 15) is 39.9 Å².